The zero-order valence-electron chi connectivity index (χ0n) is 8.49. The summed E-state index contributed by atoms with van der Waals surface area (Å²) in [5.41, 5.74) is 1.91. The Morgan fingerprint density at radius 1 is 1.50 bits per heavy atom. The van der Waals surface area contributed by atoms with E-state index in [4.69, 9.17) is 0 Å². The van der Waals surface area contributed by atoms with Crippen LogP contribution >= 0.6 is 0 Å². The maximum atomic E-state index is 4.39. The van der Waals surface area contributed by atoms with Crippen LogP contribution in [-0.4, -0.2) is 21.6 Å². The zero-order valence-corrected chi connectivity index (χ0v) is 8.49. The summed E-state index contributed by atoms with van der Waals surface area (Å²) in [5, 5.41) is 3.08. The summed E-state index contributed by atoms with van der Waals surface area (Å²) in [6.45, 7) is 3.13. The molecular formula is C10H14N4. The summed E-state index contributed by atoms with van der Waals surface area (Å²) in [4.78, 5) is 8.61. The van der Waals surface area contributed by atoms with E-state index >= 15 is 0 Å². The van der Waals surface area contributed by atoms with Gasteiger partial charge in [-0.3, -0.25) is 0 Å². The number of imidazole rings is 1. The molecule has 0 amide bonds. The van der Waals surface area contributed by atoms with Crippen molar-refractivity contribution in [3.63, 3.8) is 0 Å². The number of nitrogens with zero attached hydrogens (tertiary/aromatic N) is 3. The molecule has 0 aliphatic heterocycles. The Kier molecular flexibility index (Phi) is 2.35. The number of rotatable bonds is 3. The number of aromatic nitrogens is 3. The van der Waals surface area contributed by atoms with Crippen molar-refractivity contribution in [1.82, 2.24) is 14.5 Å². The molecule has 74 valence electrons. The van der Waals surface area contributed by atoms with Gasteiger partial charge in [-0.05, 0) is 18.6 Å². The summed E-state index contributed by atoms with van der Waals surface area (Å²) in [5.74, 6) is 0.889. The summed E-state index contributed by atoms with van der Waals surface area (Å²) >= 11 is 0. The molecule has 0 saturated carbocycles. The average molecular weight is 190 g/mol. The highest BCUT2D eigenvalue weighted by molar-refractivity contribution is 5.74. The molecule has 0 aliphatic rings. The molecule has 0 radical (unpaired) electrons. The van der Waals surface area contributed by atoms with Gasteiger partial charge in [0, 0.05) is 19.8 Å². The number of anilines is 1. The van der Waals surface area contributed by atoms with Gasteiger partial charge in [-0.25, -0.2) is 4.98 Å². The fraction of sp³-hybridized carbons (Fsp3) is 0.400. The third-order valence-electron chi connectivity index (χ3n) is 2.20. The van der Waals surface area contributed by atoms with E-state index in [0.717, 1.165) is 30.1 Å². The molecule has 2 aromatic rings. The molecule has 4 heteroatoms. The van der Waals surface area contributed by atoms with Crippen LogP contribution in [0.3, 0.4) is 0 Å². The molecule has 0 bridgehead atoms. The molecular weight excluding hydrogens is 176 g/mol. The number of fused-ring (bicyclic) bond motifs is 1. The number of aryl methyl sites for hydroxylation is 1. The number of hydrogen-bond acceptors (Lipinski definition) is 3. The highest BCUT2D eigenvalue weighted by atomic mass is 15.2. The molecule has 14 heavy (non-hydrogen) atoms. The normalized spacial score (nSPS) is 10.7. The van der Waals surface area contributed by atoms with E-state index in [1.54, 1.807) is 6.20 Å². The van der Waals surface area contributed by atoms with Crippen molar-refractivity contribution in [2.45, 2.75) is 19.9 Å². The topological polar surface area (TPSA) is 42.7 Å². The van der Waals surface area contributed by atoms with Crippen LogP contribution in [-0.2, 0) is 6.54 Å². The van der Waals surface area contributed by atoms with E-state index < -0.39 is 0 Å². The maximum absolute atomic E-state index is 4.39. The largest absolute Gasteiger partial charge is 0.359 e. The van der Waals surface area contributed by atoms with Gasteiger partial charge in [0.15, 0.2) is 5.65 Å². The van der Waals surface area contributed by atoms with Gasteiger partial charge >= 0.3 is 0 Å². The van der Waals surface area contributed by atoms with Crippen molar-refractivity contribution in [3.8, 4) is 0 Å². The number of nitrogens with one attached hydrogen (secondary N) is 1. The van der Waals surface area contributed by atoms with E-state index in [-0.39, 0.29) is 0 Å². The fourth-order valence-electron chi connectivity index (χ4n) is 1.60. The fourth-order valence-corrected chi connectivity index (χ4v) is 1.60. The first kappa shape index (κ1) is 8.99. The first-order chi connectivity index (χ1) is 6.86. The lowest BCUT2D eigenvalue weighted by atomic mass is 10.4. The Bertz CT molecular complexity index is 433. The molecule has 1 N–H and O–H groups in total. The van der Waals surface area contributed by atoms with Crippen LogP contribution in [0.4, 0.5) is 5.95 Å². The zero-order chi connectivity index (χ0) is 9.97. The van der Waals surface area contributed by atoms with Crippen LogP contribution < -0.4 is 5.32 Å². The maximum Gasteiger partial charge on any atom is 0.205 e. The van der Waals surface area contributed by atoms with E-state index in [2.05, 4.69) is 26.8 Å². The van der Waals surface area contributed by atoms with Gasteiger partial charge in [0.2, 0.25) is 5.95 Å². The Balaban J connectivity index is 2.61. The first-order valence-corrected chi connectivity index (χ1v) is 4.85. The molecule has 4 nitrogen and oxygen atoms in total. The second-order valence-corrected chi connectivity index (χ2v) is 3.18. The van der Waals surface area contributed by atoms with Crippen LogP contribution in [0.2, 0.25) is 0 Å². The molecule has 0 aromatic carbocycles. The standard InChI is InChI=1S/C10H14N4/c1-3-7-14-8-5-4-6-12-9(8)13-10(14)11-2/h4-6H,3,7H2,1-2H3,(H,11,12,13). The van der Waals surface area contributed by atoms with Crippen molar-refractivity contribution < 1.29 is 0 Å². The third-order valence-corrected chi connectivity index (χ3v) is 2.20. The van der Waals surface area contributed by atoms with E-state index in [1.165, 1.54) is 0 Å². The molecule has 0 unspecified atom stereocenters. The van der Waals surface area contributed by atoms with Gasteiger partial charge in [-0.2, -0.15) is 4.98 Å². The van der Waals surface area contributed by atoms with Gasteiger partial charge in [0.1, 0.15) is 0 Å². The highest BCUT2D eigenvalue weighted by Gasteiger charge is 2.07. The first-order valence-electron chi connectivity index (χ1n) is 4.85. The van der Waals surface area contributed by atoms with E-state index in [9.17, 15) is 0 Å². The van der Waals surface area contributed by atoms with Gasteiger partial charge in [-0.1, -0.05) is 6.92 Å². The minimum absolute atomic E-state index is 0.810. The van der Waals surface area contributed by atoms with E-state index in [0.29, 0.717) is 0 Å². The van der Waals surface area contributed by atoms with Crippen molar-refractivity contribution in [3.05, 3.63) is 18.3 Å². The lowest BCUT2D eigenvalue weighted by molar-refractivity contribution is 0.704. The molecule has 0 atom stereocenters. The number of hydrogen-bond donors (Lipinski definition) is 1. The van der Waals surface area contributed by atoms with Crippen molar-refractivity contribution in [1.29, 1.82) is 0 Å². The predicted molar refractivity (Wildman–Crippen MR) is 57.4 cm³/mol. The second kappa shape index (κ2) is 3.65. The Morgan fingerprint density at radius 3 is 3.07 bits per heavy atom. The van der Waals surface area contributed by atoms with Gasteiger partial charge in [0.25, 0.3) is 0 Å². The molecule has 2 aromatic heterocycles. The van der Waals surface area contributed by atoms with Crippen LogP contribution in [0, 0.1) is 0 Å². The molecule has 0 spiro atoms. The lowest BCUT2D eigenvalue weighted by Gasteiger charge is -2.05. The molecule has 0 saturated heterocycles. The summed E-state index contributed by atoms with van der Waals surface area (Å²) in [7, 11) is 1.88. The van der Waals surface area contributed by atoms with E-state index in [1.807, 2.05) is 19.2 Å². The van der Waals surface area contributed by atoms with Crippen LogP contribution in [0.15, 0.2) is 18.3 Å². The molecule has 2 rings (SSSR count). The summed E-state index contributed by atoms with van der Waals surface area (Å²) < 4.78 is 2.16. The Labute approximate surface area is 83.0 Å². The van der Waals surface area contributed by atoms with Gasteiger partial charge in [0.05, 0.1) is 5.52 Å². The molecule has 0 fully saturated rings. The SMILES string of the molecule is CCCn1c(NC)nc2ncccc21. The Hall–Kier alpha value is -1.58. The van der Waals surface area contributed by atoms with Crippen LogP contribution in [0.1, 0.15) is 13.3 Å². The van der Waals surface area contributed by atoms with Gasteiger partial charge < -0.3 is 9.88 Å². The minimum Gasteiger partial charge on any atom is -0.359 e. The minimum atomic E-state index is 0.810. The quantitative estimate of drug-likeness (QED) is 0.803. The summed E-state index contributed by atoms with van der Waals surface area (Å²) in [6.07, 6.45) is 2.86. The van der Waals surface area contributed by atoms with Crippen molar-refractivity contribution >= 4 is 17.1 Å². The second-order valence-electron chi connectivity index (χ2n) is 3.18. The van der Waals surface area contributed by atoms with Crippen LogP contribution in [0.5, 0.6) is 0 Å². The van der Waals surface area contributed by atoms with Crippen molar-refractivity contribution in [2.75, 3.05) is 12.4 Å². The molecule has 2 heterocycles. The third kappa shape index (κ3) is 1.32. The van der Waals surface area contributed by atoms with Gasteiger partial charge in [-0.15, -0.1) is 0 Å². The smallest absolute Gasteiger partial charge is 0.205 e. The van der Waals surface area contributed by atoms with Crippen LogP contribution in [0.25, 0.3) is 11.2 Å². The van der Waals surface area contributed by atoms with Crippen molar-refractivity contribution in [2.24, 2.45) is 0 Å². The average Bonchev–Trinajstić information content (AvgIpc) is 2.58. The highest BCUT2D eigenvalue weighted by Crippen LogP contribution is 2.17. The number of pyridine rings is 1. The Morgan fingerprint density at radius 2 is 2.36 bits per heavy atom. The predicted octanol–water partition coefficient (Wildman–Crippen LogP) is 1.88. The summed E-state index contributed by atoms with van der Waals surface area (Å²) in [6, 6.07) is 3.99. The lowest BCUT2D eigenvalue weighted by Crippen LogP contribution is -2.02. The molecule has 0 aliphatic carbocycles. The monoisotopic (exact) mass is 190 g/mol.